The number of rotatable bonds is 1. The third-order valence-corrected chi connectivity index (χ3v) is 2.40. The molecule has 0 bridgehead atoms. The summed E-state index contributed by atoms with van der Waals surface area (Å²) in [5.74, 6) is 0. The van der Waals surface area contributed by atoms with Crippen molar-refractivity contribution in [2.24, 2.45) is 0 Å². The van der Waals surface area contributed by atoms with Gasteiger partial charge in [0.25, 0.3) is 0 Å². The molecule has 14 heavy (non-hydrogen) atoms. The van der Waals surface area contributed by atoms with E-state index < -0.39 is 0 Å². The summed E-state index contributed by atoms with van der Waals surface area (Å²) < 4.78 is 0. The summed E-state index contributed by atoms with van der Waals surface area (Å²) in [6.45, 7) is 8.60. The zero-order valence-electron chi connectivity index (χ0n) is 9.39. The van der Waals surface area contributed by atoms with Crippen LogP contribution in [0.15, 0.2) is 18.2 Å². The SMILES string of the molecule is CCc1cccc(C#N)c1C(C)(C)C. The first-order chi connectivity index (χ1) is 6.50. The molecule has 0 aliphatic rings. The van der Waals surface area contributed by atoms with Crippen LogP contribution in [0.3, 0.4) is 0 Å². The van der Waals surface area contributed by atoms with E-state index in [2.05, 4.69) is 39.8 Å². The molecule has 0 aromatic heterocycles. The first-order valence-corrected chi connectivity index (χ1v) is 5.03. The molecule has 0 amide bonds. The van der Waals surface area contributed by atoms with Crippen LogP contribution in [0.4, 0.5) is 0 Å². The maximum Gasteiger partial charge on any atom is 0.0994 e. The summed E-state index contributed by atoms with van der Waals surface area (Å²) >= 11 is 0. The topological polar surface area (TPSA) is 23.8 Å². The molecule has 74 valence electrons. The number of nitrogens with zero attached hydrogens (tertiary/aromatic N) is 1. The van der Waals surface area contributed by atoms with Crippen molar-refractivity contribution < 1.29 is 0 Å². The number of benzene rings is 1. The second-order valence-electron chi connectivity index (χ2n) is 4.56. The first-order valence-electron chi connectivity index (χ1n) is 5.03. The van der Waals surface area contributed by atoms with E-state index in [0.29, 0.717) is 0 Å². The van der Waals surface area contributed by atoms with Gasteiger partial charge in [-0.05, 0) is 29.0 Å². The third-order valence-electron chi connectivity index (χ3n) is 2.40. The van der Waals surface area contributed by atoms with Crippen LogP contribution in [0.5, 0.6) is 0 Å². The van der Waals surface area contributed by atoms with Crippen LogP contribution in [0, 0.1) is 11.3 Å². The zero-order chi connectivity index (χ0) is 10.8. The number of nitriles is 1. The van der Waals surface area contributed by atoms with Crippen LogP contribution in [0.2, 0.25) is 0 Å². The lowest BCUT2D eigenvalue weighted by atomic mass is 9.80. The lowest BCUT2D eigenvalue weighted by molar-refractivity contribution is 0.581. The quantitative estimate of drug-likeness (QED) is 0.661. The predicted molar refractivity (Wildman–Crippen MR) is 59.2 cm³/mol. The van der Waals surface area contributed by atoms with E-state index in [4.69, 9.17) is 5.26 Å². The highest BCUT2D eigenvalue weighted by molar-refractivity contribution is 5.46. The normalized spacial score (nSPS) is 11.1. The molecule has 0 saturated heterocycles. The molecule has 1 nitrogen and oxygen atoms in total. The zero-order valence-corrected chi connectivity index (χ0v) is 9.39. The first kappa shape index (κ1) is 10.8. The summed E-state index contributed by atoms with van der Waals surface area (Å²) in [5.41, 5.74) is 3.36. The highest BCUT2D eigenvalue weighted by Crippen LogP contribution is 2.29. The fraction of sp³-hybridized carbons (Fsp3) is 0.462. The van der Waals surface area contributed by atoms with Gasteiger partial charge in [-0.25, -0.2) is 0 Å². The Kier molecular flexibility index (Phi) is 2.96. The van der Waals surface area contributed by atoms with Crippen molar-refractivity contribution in [2.45, 2.75) is 39.5 Å². The van der Waals surface area contributed by atoms with Crippen molar-refractivity contribution in [3.63, 3.8) is 0 Å². The minimum Gasteiger partial charge on any atom is -0.192 e. The minimum absolute atomic E-state index is 0.0532. The van der Waals surface area contributed by atoms with Crippen LogP contribution >= 0.6 is 0 Å². The van der Waals surface area contributed by atoms with Gasteiger partial charge in [-0.1, -0.05) is 39.8 Å². The molecule has 1 rings (SSSR count). The van der Waals surface area contributed by atoms with Gasteiger partial charge in [0, 0.05) is 0 Å². The maximum absolute atomic E-state index is 9.05. The van der Waals surface area contributed by atoms with Crippen LogP contribution in [0.25, 0.3) is 0 Å². The van der Waals surface area contributed by atoms with Gasteiger partial charge in [-0.15, -0.1) is 0 Å². The molecule has 1 heteroatoms. The van der Waals surface area contributed by atoms with Gasteiger partial charge in [0.1, 0.15) is 0 Å². The Hall–Kier alpha value is -1.29. The van der Waals surface area contributed by atoms with Crippen molar-refractivity contribution in [3.8, 4) is 6.07 Å². The average Bonchev–Trinajstić information content (AvgIpc) is 2.15. The molecule has 0 atom stereocenters. The van der Waals surface area contributed by atoms with Gasteiger partial charge in [-0.2, -0.15) is 5.26 Å². The molecule has 0 heterocycles. The lowest BCUT2D eigenvalue weighted by Gasteiger charge is -2.23. The fourth-order valence-electron chi connectivity index (χ4n) is 1.87. The fourth-order valence-corrected chi connectivity index (χ4v) is 1.87. The summed E-state index contributed by atoms with van der Waals surface area (Å²) in [7, 11) is 0. The van der Waals surface area contributed by atoms with Crippen molar-refractivity contribution in [1.82, 2.24) is 0 Å². The van der Waals surface area contributed by atoms with Crippen molar-refractivity contribution >= 4 is 0 Å². The Morgan fingerprint density at radius 2 is 1.93 bits per heavy atom. The Bertz CT molecular complexity index is 364. The van der Waals surface area contributed by atoms with E-state index in [1.165, 1.54) is 11.1 Å². The average molecular weight is 187 g/mol. The summed E-state index contributed by atoms with van der Waals surface area (Å²) in [6, 6.07) is 8.26. The standard InChI is InChI=1S/C13H17N/c1-5-10-7-6-8-11(9-14)12(10)13(2,3)4/h6-8H,5H2,1-4H3. The number of aryl methyl sites for hydroxylation is 1. The molecular weight excluding hydrogens is 170 g/mol. The van der Waals surface area contributed by atoms with E-state index in [9.17, 15) is 0 Å². The van der Waals surface area contributed by atoms with Gasteiger partial charge >= 0.3 is 0 Å². The van der Waals surface area contributed by atoms with E-state index in [1.807, 2.05) is 12.1 Å². The number of hydrogen-bond donors (Lipinski definition) is 0. The largest absolute Gasteiger partial charge is 0.192 e. The summed E-state index contributed by atoms with van der Waals surface area (Å²) in [4.78, 5) is 0. The van der Waals surface area contributed by atoms with Crippen molar-refractivity contribution in [3.05, 3.63) is 34.9 Å². The highest BCUT2D eigenvalue weighted by Gasteiger charge is 2.20. The monoisotopic (exact) mass is 187 g/mol. The molecule has 0 saturated carbocycles. The highest BCUT2D eigenvalue weighted by atomic mass is 14.3. The number of hydrogen-bond acceptors (Lipinski definition) is 1. The maximum atomic E-state index is 9.05. The molecule has 0 fully saturated rings. The Morgan fingerprint density at radius 3 is 2.36 bits per heavy atom. The van der Waals surface area contributed by atoms with Crippen LogP contribution in [-0.4, -0.2) is 0 Å². The smallest absolute Gasteiger partial charge is 0.0994 e. The molecule has 0 unspecified atom stereocenters. The molecular formula is C13H17N. The molecule has 0 N–H and O–H groups in total. The Labute approximate surface area is 86.4 Å². The van der Waals surface area contributed by atoms with Crippen LogP contribution < -0.4 is 0 Å². The molecule has 0 radical (unpaired) electrons. The van der Waals surface area contributed by atoms with Gasteiger partial charge in [-0.3, -0.25) is 0 Å². The summed E-state index contributed by atoms with van der Waals surface area (Å²) in [6.07, 6.45) is 0.988. The lowest BCUT2D eigenvalue weighted by Crippen LogP contribution is -2.16. The van der Waals surface area contributed by atoms with Gasteiger partial charge in [0.2, 0.25) is 0 Å². The van der Waals surface area contributed by atoms with E-state index in [0.717, 1.165) is 12.0 Å². The third kappa shape index (κ3) is 1.96. The molecule has 1 aromatic rings. The molecule has 0 aliphatic heterocycles. The second-order valence-corrected chi connectivity index (χ2v) is 4.56. The van der Waals surface area contributed by atoms with E-state index in [1.54, 1.807) is 0 Å². The van der Waals surface area contributed by atoms with E-state index >= 15 is 0 Å². The minimum atomic E-state index is 0.0532. The van der Waals surface area contributed by atoms with Gasteiger partial charge in [0.15, 0.2) is 0 Å². The van der Waals surface area contributed by atoms with E-state index in [-0.39, 0.29) is 5.41 Å². The Morgan fingerprint density at radius 1 is 1.29 bits per heavy atom. The van der Waals surface area contributed by atoms with Crippen LogP contribution in [-0.2, 0) is 11.8 Å². The van der Waals surface area contributed by atoms with Crippen LogP contribution in [0.1, 0.15) is 44.4 Å². The van der Waals surface area contributed by atoms with Crippen molar-refractivity contribution in [1.29, 1.82) is 5.26 Å². The Balaban J connectivity index is 3.44. The molecule has 0 spiro atoms. The molecule has 1 aromatic carbocycles. The van der Waals surface area contributed by atoms with Gasteiger partial charge < -0.3 is 0 Å². The molecule has 0 aliphatic carbocycles. The summed E-state index contributed by atoms with van der Waals surface area (Å²) in [5, 5.41) is 9.05. The predicted octanol–water partition coefficient (Wildman–Crippen LogP) is 3.42. The van der Waals surface area contributed by atoms with Crippen molar-refractivity contribution in [2.75, 3.05) is 0 Å². The second kappa shape index (κ2) is 3.84. The van der Waals surface area contributed by atoms with Gasteiger partial charge in [0.05, 0.1) is 11.6 Å².